The fourth-order valence-electron chi connectivity index (χ4n) is 2.29. The molecular formula is C13H19NO2. The van der Waals surface area contributed by atoms with Crippen molar-refractivity contribution in [3.05, 3.63) is 22.8 Å². The summed E-state index contributed by atoms with van der Waals surface area (Å²) in [5.41, 5.74) is 2.62. The number of benzene rings is 1. The molecule has 2 rings (SSSR count). The molecule has 1 atom stereocenters. The number of rotatable bonds is 1. The molecule has 3 nitrogen and oxygen atoms in total. The van der Waals surface area contributed by atoms with Gasteiger partial charge in [-0.2, -0.15) is 0 Å². The summed E-state index contributed by atoms with van der Waals surface area (Å²) in [6, 6.07) is 2.16. The first-order valence-corrected chi connectivity index (χ1v) is 5.86. The minimum absolute atomic E-state index is 0.0300. The van der Waals surface area contributed by atoms with E-state index in [1.54, 1.807) is 0 Å². The highest BCUT2D eigenvalue weighted by molar-refractivity contribution is 5.54. The highest BCUT2D eigenvalue weighted by atomic mass is 16.3. The Bertz CT molecular complexity index is 395. The Balaban J connectivity index is 2.40. The highest BCUT2D eigenvalue weighted by Crippen LogP contribution is 2.39. The number of hydrogen-bond donors (Lipinski definition) is 3. The second-order valence-electron chi connectivity index (χ2n) is 4.61. The third kappa shape index (κ3) is 1.87. The molecule has 1 aliphatic rings. The van der Waals surface area contributed by atoms with Gasteiger partial charge in [0, 0.05) is 11.6 Å². The van der Waals surface area contributed by atoms with Gasteiger partial charge in [0.2, 0.25) is 0 Å². The van der Waals surface area contributed by atoms with Crippen molar-refractivity contribution in [2.45, 2.75) is 39.2 Å². The summed E-state index contributed by atoms with van der Waals surface area (Å²) >= 11 is 0. The van der Waals surface area contributed by atoms with E-state index in [-0.39, 0.29) is 17.5 Å². The van der Waals surface area contributed by atoms with Crippen LogP contribution in [0.5, 0.6) is 11.5 Å². The Hall–Kier alpha value is -1.22. The lowest BCUT2D eigenvalue weighted by atomic mass is 9.93. The van der Waals surface area contributed by atoms with Gasteiger partial charge in [0.25, 0.3) is 0 Å². The van der Waals surface area contributed by atoms with E-state index < -0.39 is 0 Å². The minimum Gasteiger partial charge on any atom is -0.504 e. The van der Waals surface area contributed by atoms with Gasteiger partial charge >= 0.3 is 0 Å². The van der Waals surface area contributed by atoms with Crippen LogP contribution in [0.4, 0.5) is 0 Å². The zero-order chi connectivity index (χ0) is 11.7. The maximum atomic E-state index is 9.97. The summed E-state index contributed by atoms with van der Waals surface area (Å²) in [7, 11) is 0. The number of piperidine rings is 1. The summed E-state index contributed by atoms with van der Waals surface area (Å²) in [5.74, 6) is 0.0740. The predicted molar refractivity (Wildman–Crippen MR) is 63.8 cm³/mol. The largest absolute Gasteiger partial charge is 0.504 e. The van der Waals surface area contributed by atoms with E-state index in [4.69, 9.17) is 0 Å². The van der Waals surface area contributed by atoms with Gasteiger partial charge in [-0.1, -0.05) is 12.5 Å². The quantitative estimate of drug-likeness (QED) is 0.639. The lowest BCUT2D eigenvalue weighted by Gasteiger charge is -2.25. The van der Waals surface area contributed by atoms with E-state index in [0.717, 1.165) is 29.7 Å². The van der Waals surface area contributed by atoms with Crippen LogP contribution in [0.3, 0.4) is 0 Å². The van der Waals surface area contributed by atoms with E-state index in [1.165, 1.54) is 12.8 Å². The van der Waals surface area contributed by atoms with E-state index in [0.29, 0.717) is 0 Å². The van der Waals surface area contributed by atoms with Crippen molar-refractivity contribution in [3.63, 3.8) is 0 Å². The Morgan fingerprint density at radius 1 is 1.19 bits per heavy atom. The van der Waals surface area contributed by atoms with Gasteiger partial charge in [0.15, 0.2) is 11.5 Å². The minimum atomic E-state index is 0.0300. The molecule has 3 N–H and O–H groups in total. The van der Waals surface area contributed by atoms with Crippen LogP contribution in [-0.4, -0.2) is 16.8 Å². The molecule has 1 heterocycles. The average molecular weight is 221 g/mol. The Kier molecular flexibility index (Phi) is 3.06. The van der Waals surface area contributed by atoms with Crippen LogP contribution in [0.25, 0.3) is 0 Å². The van der Waals surface area contributed by atoms with E-state index in [2.05, 4.69) is 5.32 Å². The van der Waals surface area contributed by atoms with Crippen molar-refractivity contribution >= 4 is 0 Å². The van der Waals surface area contributed by atoms with Crippen LogP contribution in [0.15, 0.2) is 6.07 Å². The molecule has 0 spiro atoms. The maximum absolute atomic E-state index is 9.97. The van der Waals surface area contributed by atoms with Crippen LogP contribution in [0, 0.1) is 13.8 Å². The number of nitrogens with one attached hydrogen (secondary N) is 1. The fourth-order valence-corrected chi connectivity index (χ4v) is 2.29. The third-order valence-electron chi connectivity index (χ3n) is 3.50. The second kappa shape index (κ2) is 4.34. The third-order valence-corrected chi connectivity index (χ3v) is 3.50. The molecule has 3 heteroatoms. The van der Waals surface area contributed by atoms with E-state index in [9.17, 15) is 10.2 Å². The maximum Gasteiger partial charge on any atom is 0.162 e. The van der Waals surface area contributed by atoms with Crippen molar-refractivity contribution < 1.29 is 10.2 Å². The van der Waals surface area contributed by atoms with Gasteiger partial charge < -0.3 is 15.5 Å². The van der Waals surface area contributed by atoms with Gasteiger partial charge in [0.05, 0.1) is 0 Å². The topological polar surface area (TPSA) is 52.5 Å². The number of phenols is 2. The summed E-state index contributed by atoms with van der Waals surface area (Å²) in [6.45, 7) is 4.76. The molecule has 1 aromatic rings. The van der Waals surface area contributed by atoms with Crippen molar-refractivity contribution in [2.24, 2.45) is 0 Å². The van der Waals surface area contributed by atoms with Crippen molar-refractivity contribution in [2.75, 3.05) is 6.54 Å². The Morgan fingerprint density at radius 3 is 2.56 bits per heavy atom. The Labute approximate surface area is 96.1 Å². The van der Waals surface area contributed by atoms with Crippen LogP contribution < -0.4 is 5.32 Å². The molecule has 1 aliphatic heterocycles. The molecule has 0 aromatic heterocycles. The number of phenolic OH excluding ortho intramolecular Hbond substituents is 2. The number of hydrogen-bond acceptors (Lipinski definition) is 3. The van der Waals surface area contributed by atoms with Crippen LogP contribution in [-0.2, 0) is 0 Å². The first kappa shape index (κ1) is 11.3. The molecule has 1 fully saturated rings. The molecular weight excluding hydrogens is 202 g/mol. The summed E-state index contributed by atoms with van der Waals surface area (Å²) in [5, 5.41) is 23.2. The van der Waals surface area contributed by atoms with Crippen LogP contribution in [0.2, 0.25) is 0 Å². The molecule has 1 unspecified atom stereocenters. The van der Waals surface area contributed by atoms with E-state index >= 15 is 0 Å². The first-order chi connectivity index (χ1) is 7.61. The van der Waals surface area contributed by atoms with Gasteiger partial charge in [-0.05, 0) is 44.4 Å². The SMILES string of the molecule is Cc1cc(C2CCCCN2)c(O)c(O)c1C. The molecule has 0 radical (unpaired) electrons. The summed E-state index contributed by atoms with van der Waals surface area (Å²) in [6.07, 6.45) is 3.38. The molecule has 0 saturated carbocycles. The van der Waals surface area contributed by atoms with Gasteiger partial charge in [0.1, 0.15) is 0 Å². The number of aryl methyl sites for hydroxylation is 1. The number of aromatic hydroxyl groups is 2. The normalized spacial score (nSPS) is 21.0. The predicted octanol–water partition coefficient (Wildman–Crippen LogP) is 2.53. The zero-order valence-corrected chi connectivity index (χ0v) is 9.88. The Morgan fingerprint density at radius 2 is 1.94 bits per heavy atom. The van der Waals surface area contributed by atoms with Gasteiger partial charge in [-0.3, -0.25) is 0 Å². The van der Waals surface area contributed by atoms with Gasteiger partial charge in [-0.25, -0.2) is 0 Å². The van der Waals surface area contributed by atoms with Crippen molar-refractivity contribution in [1.82, 2.24) is 5.32 Å². The fraction of sp³-hybridized carbons (Fsp3) is 0.538. The van der Waals surface area contributed by atoms with Crippen LogP contribution in [0.1, 0.15) is 42.0 Å². The molecule has 16 heavy (non-hydrogen) atoms. The highest BCUT2D eigenvalue weighted by Gasteiger charge is 2.21. The lowest BCUT2D eigenvalue weighted by molar-refractivity contribution is 0.367. The molecule has 88 valence electrons. The van der Waals surface area contributed by atoms with Crippen molar-refractivity contribution in [1.29, 1.82) is 0 Å². The zero-order valence-electron chi connectivity index (χ0n) is 9.88. The van der Waals surface area contributed by atoms with Gasteiger partial charge in [-0.15, -0.1) is 0 Å². The summed E-state index contributed by atoms with van der Waals surface area (Å²) < 4.78 is 0. The lowest BCUT2D eigenvalue weighted by Crippen LogP contribution is -2.26. The molecule has 1 saturated heterocycles. The van der Waals surface area contributed by atoms with E-state index in [1.807, 2.05) is 19.9 Å². The first-order valence-electron chi connectivity index (χ1n) is 5.86. The molecule has 1 aromatic carbocycles. The standard InChI is InChI=1S/C13H19NO2/c1-8-7-10(11-5-3-4-6-14-11)13(16)12(15)9(8)2/h7,11,14-16H,3-6H2,1-2H3. The van der Waals surface area contributed by atoms with Crippen molar-refractivity contribution in [3.8, 4) is 11.5 Å². The molecule has 0 amide bonds. The second-order valence-corrected chi connectivity index (χ2v) is 4.61. The summed E-state index contributed by atoms with van der Waals surface area (Å²) in [4.78, 5) is 0. The molecule has 0 bridgehead atoms. The van der Waals surface area contributed by atoms with Crippen LogP contribution >= 0.6 is 0 Å². The smallest absolute Gasteiger partial charge is 0.162 e. The molecule has 0 aliphatic carbocycles. The monoisotopic (exact) mass is 221 g/mol. The average Bonchev–Trinajstić information content (AvgIpc) is 2.32.